The highest BCUT2D eigenvalue weighted by atomic mass is 32.2. The van der Waals surface area contributed by atoms with Crippen LogP contribution in [0.1, 0.15) is 12.0 Å². The molecule has 0 spiro atoms. The zero-order valence-electron chi connectivity index (χ0n) is 12.2. The van der Waals surface area contributed by atoms with E-state index in [0.717, 1.165) is 11.3 Å². The third-order valence-electron chi connectivity index (χ3n) is 2.90. The van der Waals surface area contributed by atoms with Crippen molar-refractivity contribution in [1.29, 1.82) is 0 Å². The van der Waals surface area contributed by atoms with Crippen LogP contribution >= 0.6 is 11.8 Å². The molecule has 1 fully saturated rings. The summed E-state index contributed by atoms with van der Waals surface area (Å²) in [5.41, 5.74) is 0.862. The lowest BCUT2D eigenvalue weighted by molar-refractivity contribution is -0.124. The largest absolute Gasteiger partial charge is 0.497 e. The average Bonchev–Trinajstić information content (AvgIpc) is 2.87. The third kappa shape index (κ3) is 4.32. The molecule has 22 heavy (non-hydrogen) atoms. The third-order valence-corrected chi connectivity index (χ3v) is 3.97. The predicted octanol–water partition coefficient (Wildman–Crippen LogP) is 0.753. The molecule has 116 valence electrons. The minimum Gasteiger partial charge on any atom is -0.497 e. The van der Waals surface area contributed by atoms with E-state index < -0.39 is 5.25 Å². The van der Waals surface area contributed by atoms with Crippen molar-refractivity contribution in [2.24, 2.45) is 10.2 Å². The van der Waals surface area contributed by atoms with Gasteiger partial charge in [-0.25, -0.2) is 0 Å². The number of ether oxygens (including phenoxy) is 1. The molecule has 0 radical (unpaired) electrons. The maximum Gasteiger partial charge on any atom is 0.240 e. The van der Waals surface area contributed by atoms with Crippen LogP contribution in [0.25, 0.3) is 0 Å². The summed E-state index contributed by atoms with van der Waals surface area (Å²) in [7, 11) is 3.14. The van der Waals surface area contributed by atoms with Gasteiger partial charge in [0.25, 0.3) is 0 Å². The van der Waals surface area contributed by atoms with Crippen LogP contribution in [-0.2, 0) is 9.59 Å². The highest BCUT2D eigenvalue weighted by Gasteiger charge is 2.31. The Morgan fingerprint density at radius 1 is 1.45 bits per heavy atom. The van der Waals surface area contributed by atoms with Gasteiger partial charge < -0.3 is 15.4 Å². The number of carbonyl (C=O) groups is 2. The smallest absolute Gasteiger partial charge is 0.240 e. The number of hydrogen-bond acceptors (Lipinski definition) is 6. The van der Waals surface area contributed by atoms with Crippen LogP contribution in [0.2, 0.25) is 0 Å². The fourth-order valence-electron chi connectivity index (χ4n) is 1.69. The number of thioether (sulfide) groups is 1. The van der Waals surface area contributed by atoms with Crippen LogP contribution in [0.3, 0.4) is 0 Å². The first-order valence-electron chi connectivity index (χ1n) is 6.55. The number of amidine groups is 1. The Labute approximate surface area is 132 Å². The van der Waals surface area contributed by atoms with Crippen molar-refractivity contribution in [3.8, 4) is 5.75 Å². The van der Waals surface area contributed by atoms with E-state index in [2.05, 4.69) is 20.8 Å². The maximum atomic E-state index is 11.7. The fourth-order valence-corrected chi connectivity index (χ4v) is 2.62. The summed E-state index contributed by atoms with van der Waals surface area (Å²) >= 11 is 1.20. The van der Waals surface area contributed by atoms with Crippen molar-refractivity contribution >= 4 is 35.0 Å². The molecule has 8 heteroatoms. The number of hydrogen-bond donors (Lipinski definition) is 2. The van der Waals surface area contributed by atoms with Gasteiger partial charge in [-0.3, -0.25) is 9.59 Å². The Hall–Kier alpha value is -2.35. The van der Waals surface area contributed by atoms with Crippen LogP contribution in [0, 0.1) is 0 Å². The van der Waals surface area contributed by atoms with Gasteiger partial charge in [-0.15, -0.1) is 5.10 Å². The lowest BCUT2D eigenvalue weighted by Gasteiger charge is -2.02. The van der Waals surface area contributed by atoms with Gasteiger partial charge >= 0.3 is 0 Å². The number of nitrogens with zero attached hydrogens (tertiary/aromatic N) is 2. The van der Waals surface area contributed by atoms with Gasteiger partial charge in [-0.1, -0.05) is 11.8 Å². The number of benzene rings is 1. The summed E-state index contributed by atoms with van der Waals surface area (Å²) in [5.74, 6) is 0.349. The van der Waals surface area contributed by atoms with Crippen LogP contribution < -0.4 is 15.4 Å². The SMILES string of the molecule is CNC(=O)CC1S/C(=N\N=C\c2ccc(OC)cc2)NC1=O. The van der Waals surface area contributed by atoms with Gasteiger partial charge in [0, 0.05) is 13.5 Å². The summed E-state index contributed by atoms with van der Waals surface area (Å²) < 4.78 is 5.06. The maximum absolute atomic E-state index is 11.7. The van der Waals surface area contributed by atoms with Crippen molar-refractivity contribution in [3.05, 3.63) is 29.8 Å². The molecule has 1 saturated heterocycles. The summed E-state index contributed by atoms with van der Waals surface area (Å²) in [6, 6.07) is 7.33. The van der Waals surface area contributed by atoms with Crippen molar-refractivity contribution in [3.63, 3.8) is 0 Å². The molecule has 1 aliphatic heterocycles. The van der Waals surface area contributed by atoms with E-state index in [-0.39, 0.29) is 18.2 Å². The van der Waals surface area contributed by atoms with E-state index >= 15 is 0 Å². The Bertz CT molecular complexity index is 613. The quantitative estimate of drug-likeness (QED) is 0.618. The van der Waals surface area contributed by atoms with Crippen LogP contribution in [0.5, 0.6) is 5.75 Å². The summed E-state index contributed by atoms with van der Waals surface area (Å²) in [6.07, 6.45) is 1.69. The van der Waals surface area contributed by atoms with Crippen molar-refractivity contribution in [2.75, 3.05) is 14.2 Å². The summed E-state index contributed by atoms with van der Waals surface area (Å²) in [6.45, 7) is 0. The molecule has 1 atom stereocenters. The number of rotatable bonds is 5. The Balaban J connectivity index is 1.94. The second kappa shape index (κ2) is 7.60. The molecule has 1 aliphatic rings. The number of amides is 2. The molecule has 1 aromatic carbocycles. The van der Waals surface area contributed by atoms with E-state index in [9.17, 15) is 9.59 Å². The predicted molar refractivity (Wildman–Crippen MR) is 86.2 cm³/mol. The number of methoxy groups -OCH3 is 1. The van der Waals surface area contributed by atoms with Gasteiger partial charge in [-0.2, -0.15) is 5.10 Å². The molecule has 7 nitrogen and oxygen atoms in total. The Morgan fingerprint density at radius 3 is 2.82 bits per heavy atom. The van der Waals surface area contributed by atoms with Crippen molar-refractivity contribution in [2.45, 2.75) is 11.7 Å². The van der Waals surface area contributed by atoms with Crippen molar-refractivity contribution in [1.82, 2.24) is 10.6 Å². The summed E-state index contributed by atoms with van der Waals surface area (Å²) in [5, 5.41) is 12.9. The highest BCUT2D eigenvalue weighted by molar-refractivity contribution is 8.15. The molecule has 2 N–H and O–H groups in total. The average molecular weight is 320 g/mol. The second-order valence-corrected chi connectivity index (χ2v) is 5.59. The molecule has 0 bridgehead atoms. The lowest BCUT2D eigenvalue weighted by atomic mass is 10.2. The first-order chi connectivity index (χ1) is 10.6. The minimum atomic E-state index is -0.463. The molecule has 1 heterocycles. The molecular weight excluding hydrogens is 304 g/mol. The van der Waals surface area contributed by atoms with Gasteiger partial charge in [0.1, 0.15) is 11.0 Å². The normalized spacial score (nSPS) is 19.5. The monoisotopic (exact) mass is 320 g/mol. The molecule has 1 unspecified atom stereocenters. The van der Waals surface area contributed by atoms with Gasteiger partial charge in [-0.05, 0) is 29.8 Å². The number of nitrogens with one attached hydrogen (secondary N) is 2. The van der Waals surface area contributed by atoms with Gasteiger partial charge in [0.15, 0.2) is 5.17 Å². The zero-order chi connectivity index (χ0) is 15.9. The fraction of sp³-hybridized carbons (Fsp3) is 0.286. The van der Waals surface area contributed by atoms with E-state index in [1.165, 1.54) is 18.8 Å². The highest BCUT2D eigenvalue weighted by Crippen LogP contribution is 2.22. The Morgan fingerprint density at radius 2 is 2.18 bits per heavy atom. The zero-order valence-corrected chi connectivity index (χ0v) is 13.0. The topological polar surface area (TPSA) is 92.2 Å². The van der Waals surface area contributed by atoms with Crippen LogP contribution in [0.15, 0.2) is 34.5 Å². The number of carbonyl (C=O) groups excluding carboxylic acids is 2. The van der Waals surface area contributed by atoms with Crippen LogP contribution in [0.4, 0.5) is 0 Å². The lowest BCUT2D eigenvalue weighted by Crippen LogP contribution is -2.29. The van der Waals surface area contributed by atoms with E-state index in [4.69, 9.17) is 4.74 Å². The first kappa shape index (κ1) is 16.0. The molecule has 2 rings (SSSR count). The molecule has 0 aliphatic carbocycles. The van der Waals surface area contributed by atoms with E-state index in [1.807, 2.05) is 24.3 Å². The Kier molecular flexibility index (Phi) is 5.54. The molecule has 0 aromatic heterocycles. The van der Waals surface area contributed by atoms with Crippen LogP contribution in [-0.4, -0.2) is 42.6 Å². The van der Waals surface area contributed by atoms with E-state index in [0.29, 0.717) is 5.17 Å². The second-order valence-electron chi connectivity index (χ2n) is 4.40. The molecule has 0 saturated carbocycles. The van der Waals surface area contributed by atoms with E-state index in [1.54, 1.807) is 13.3 Å². The minimum absolute atomic E-state index is 0.119. The van der Waals surface area contributed by atoms with Gasteiger partial charge in [0.2, 0.25) is 11.8 Å². The molecule has 1 aromatic rings. The van der Waals surface area contributed by atoms with Crippen molar-refractivity contribution < 1.29 is 14.3 Å². The first-order valence-corrected chi connectivity index (χ1v) is 7.43. The molecular formula is C14H16N4O3S. The van der Waals surface area contributed by atoms with Gasteiger partial charge in [0.05, 0.1) is 13.3 Å². The summed E-state index contributed by atoms with van der Waals surface area (Å²) in [4.78, 5) is 23.0. The standard InChI is InChI=1S/C14H16N4O3S/c1-15-12(19)7-11-13(20)17-14(22-11)18-16-8-9-3-5-10(21-2)6-4-9/h3-6,8,11H,7H2,1-2H3,(H,15,19)(H,17,18,20)/b16-8+. The molecule has 2 amide bonds.